The molecule has 0 aliphatic heterocycles. The van der Waals surface area contributed by atoms with Crippen LogP contribution in [0.3, 0.4) is 0 Å². The number of aromatic nitrogens is 2. The molecule has 5 nitrogen and oxygen atoms in total. The highest BCUT2D eigenvalue weighted by Gasteiger charge is 2.08. The molecule has 0 bridgehead atoms. The SMILES string of the molecule is Cc1[nH]ncc1CNC(=O)[C@H](C)O. The summed E-state index contributed by atoms with van der Waals surface area (Å²) in [4.78, 5) is 11.0. The molecule has 1 atom stereocenters. The minimum atomic E-state index is -0.966. The maximum absolute atomic E-state index is 11.0. The van der Waals surface area contributed by atoms with E-state index in [-0.39, 0.29) is 5.91 Å². The zero-order valence-corrected chi connectivity index (χ0v) is 7.66. The molecule has 1 rings (SSSR count). The number of nitrogens with zero attached hydrogens (tertiary/aromatic N) is 1. The predicted molar refractivity (Wildman–Crippen MR) is 46.9 cm³/mol. The summed E-state index contributed by atoms with van der Waals surface area (Å²) < 4.78 is 0. The Morgan fingerprint density at radius 3 is 3.00 bits per heavy atom. The van der Waals surface area contributed by atoms with Gasteiger partial charge < -0.3 is 10.4 Å². The number of rotatable bonds is 3. The van der Waals surface area contributed by atoms with E-state index in [0.717, 1.165) is 11.3 Å². The lowest BCUT2D eigenvalue weighted by Crippen LogP contribution is -2.32. The summed E-state index contributed by atoms with van der Waals surface area (Å²) in [6.45, 7) is 3.69. The second-order valence-corrected chi connectivity index (χ2v) is 2.91. The summed E-state index contributed by atoms with van der Waals surface area (Å²) in [6.07, 6.45) is 0.685. The van der Waals surface area contributed by atoms with E-state index >= 15 is 0 Å². The van der Waals surface area contributed by atoms with Crippen molar-refractivity contribution < 1.29 is 9.90 Å². The highest BCUT2D eigenvalue weighted by Crippen LogP contribution is 2.01. The topological polar surface area (TPSA) is 78.0 Å². The molecular formula is C8H13N3O2. The van der Waals surface area contributed by atoms with Crippen LogP contribution < -0.4 is 5.32 Å². The van der Waals surface area contributed by atoms with Crippen LogP contribution in [0.15, 0.2) is 6.20 Å². The minimum absolute atomic E-state index is 0.374. The summed E-state index contributed by atoms with van der Waals surface area (Å²) in [7, 11) is 0. The molecule has 1 aromatic rings. The highest BCUT2D eigenvalue weighted by molar-refractivity contribution is 5.79. The van der Waals surface area contributed by atoms with Crippen LogP contribution in [0.2, 0.25) is 0 Å². The molecule has 1 aromatic heterocycles. The Morgan fingerprint density at radius 1 is 1.85 bits per heavy atom. The van der Waals surface area contributed by atoms with Gasteiger partial charge >= 0.3 is 0 Å². The number of aliphatic hydroxyl groups excluding tert-OH is 1. The molecular weight excluding hydrogens is 170 g/mol. The summed E-state index contributed by atoms with van der Waals surface area (Å²) >= 11 is 0. The normalized spacial score (nSPS) is 12.5. The fourth-order valence-electron chi connectivity index (χ4n) is 0.884. The van der Waals surface area contributed by atoms with Crippen LogP contribution in [0.25, 0.3) is 0 Å². The van der Waals surface area contributed by atoms with Crippen LogP contribution in [0.5, 0.6) is 0 Å². The van der Waals surface area contributed by atoms with Crippen molar-refractivity contribution in [1.82, 2.24) is 15.5 Å². The number of amides is 1. The summed E-state index contributed by atoms with van der Waals surface area (Å²) in [6, 6.07) is 0. The van der Waals surface area contributed by atoms with Crippen LogP contribution in [-0.2, 0) is 11.3 Å². The largest absolute Gasteiger partial charge is 0.384 e. The molecule has 0 radical (unpaired) electrons. The third kappa shape index (κ3) is 2.55. The standard InChI is InChI=1S/C8H13N3O2/c1-5-7(4-10-11-5)3-9-8(13)6(2)12/h4,6,12H,3H2,1-2H3,(H,9,13)(H,10,11)/t6-/m0/s1. The Morgan fingerprint density at radius 2 is 2.54 bits per heavy atom. The van der Waals surface area contributed by atoms with Gasteiger partial charge in [-0.3, -0.25) is 9.89 Å². The van der Waals surface area contributed by atoms with Crippen LogP contribution in [0.4, 0.5) is 0 Å². The van der Waals surface area contributed by atoms with Crippen molar-refractivity contribution in [2.45, 2.75) is 26.5 Å². The van der Waals surface area contributed by atoms with Gasteiger partial charge in [0.2, 0.25) is 5.91 Å². The van der Waals surface area contributed by atoms with Gasteiger partial charge in [0.15, 0.2) is 0 Å². The van der Waals surface area contributed by atoms with Gasteiger partial charge in [0, 0.05) is 17.8 Å². The molecule has 0 saturated carbocycles. The molecule has 0 spiro atoms. The number of aryl methyl sites for hydroxylation is 1. The van der Waals surface area contributed by atoms with Gasteiger partial charge in [0.25, 0.3) is 0 Å². The second kappa shape index (κ2) is 4.04. The van der Waals surface area contributed by atoms with Crippen molar-refractivity contribution in [2.24, 2.45) is 0 Å². The van der Waals surface area contributed by atoms with Crippen molar-refractivity contribution in [2.75, 3.05) is 0 Å². The zero-order valence-electron chi connectivity index (χ0n) is 7.66. The summed E-state index contributed by atoms with van der Waals surface area (Å²) in [5, 5.41) is 18.0. The van der Waals surface area contributed by atoms with E-state index in [1.165, 1.54) is 6.92 Å². The molecule has 3 N–H and O–H groups in total. The number of aromatic amines is 1. The van der Waals surface area contributed by atoms with Crippen LogP contribution >= 0.6 is 0 Å². The van der Waals surface area contributed by atoms with Gasteiger partial charge in [0.05, 0.1) is 6.20 Å². The molecule has 0 fully saturated rings. The molecule has 5 heteroatoms. The maximum Gasteiger partial charge on any atom is 0.248 e. The van der Waals surface area contributed by atoms with E-state index in [1.807, 2.05) is 6.92 Å². The zero-order chi connectivity index (χ0) is 9.84. The summed E-state index contributed by atoms with van der Waals surface area (Å²) in [5.74, 6) is -0.374. The van der Waals surface area contributed by atoms with Gasteiger partial charge in [0.1, 0.15) is 6.10 Å². The molecule has 0 aromatic carbocycles. The second-order valence-electron chi connectivity index (χ2n) is 2.91. The smallest absolute Gasteiger partial charge is 0.248 e. The quantitative estimate of drug-likeness (QED) is 0.602. The molecule has 0 unspecified atom stereocenters. The Kier molecular flexibility index (Phi) is 3.02. The van der Waals surface area contributed by atoms with E-state index in [1.54, 1.807) is 6.20 Å². The number of hydrogen-bond acceptors (Lipinski definition) is 3. The number of H-pyrrole nitrogens is 1. The van der Waals surface area contributed by atoms with Gasteiger partial charge in [-0.05, 0) is 13.8 Å². The number of aliphatic hydroxyl groups is 1. The fraction of sp³-hybridized carbons (Fsp3) is 0.500. The maximum atomic E-state index is 11.0. The molecule has 0 saturated heterocycles. The first-order chi connectivity index (χ1) is 6.11. The highest BCUT2D eigenvalue weighted by atomic mass is 16.3. The van der Waals surface area contributed by atoms with Crippen molar-refractivity contribution in [3.05, 3.63) is 17.5 Å². The summed E-state index contributed by atoms with van der Waals surface area (Å²) in [5.41, 5.74) is 1.85. The lowest BCUT2D eigenvalue weighted by molar-refractivity contribution is -0.128. The van der Waals surface area contributed by atoms with E-state index in [2.05, 4.69) is 15.5 Å². The number of hydrogen-bond donors (Lipinski definition) is 3. The Hall–Kier alpha value is -1.36. The molecule has 1 amide bonds. The van der Waals surface area contributed by atoms with Gasteiger partial charge in [-0.25, -0.2) is 0 Å². The number of carbonyl (C=O) groups is 1. The molecule has 0 aliphatic carbocycles. The lowest BCUT2D eigenvalue weighted by Gasteiger charge is -2.05. The van der Waals surface area contributed by atoms with Gasteiger partial charge in [-0.2, -0.15) is 5.10 Å². The van der Waals surface area contributed by atoms with Crippen molar-refractivity contribution in [3.8, 4) is 0 Å². The number of nitrogens with one attached hydrogen (secondary N) is 2. The monoisotopic (exact) mass is 183 g/mol. The third-order valence-electron chi connectivity index (χ3n) is 1.77. The van der Waals surface area contributed by atoms with Crippen LogP contribution in [0, 0.1) is 6.92 Å². The van der Waals surface area contributed by atoms with Crippen LogP contribution in [-0.4, -0.2) is 27.3 Å². The third-order valence-corrected chi connectivity index (χ3v) is 1.77. The Bertz CT molecular complexity index is 293. The van der Waals surface area contributed by atoms with Crippen molar-refractivity contribution in [3.63, 3.8) is 0 Å². The average Bonchev–Trinajstić information content (AvgIpc) is 2.47. The average molecular weight is 183 g/mol. The van der Waals surface area contributed by atoms with E-state index in [9.17, 15) is 4.79 Å². The van der Waals surface area contributed by atoms with Gasteiger partial charge in [-0.15, -0.1) is 0 Å². The van der Waals surface area contributed by atoms with Crippen LogP contribution in [0.1, 0.15) is 18.2 Å². The first kappa shape index (κ1) is 9.73. The van der Waals surface area contributed by atoms with E-state index in [4.69, 9.17) is 5.11 Å². The molecule has 0 aliphatic rings. The molecule has 13 heavy (non-hydrogen) atoms. The van der Waals surface area contributed by atoms with Crippen molar-refractivity contribution >= 4 is 5.91 Å². The minimum Gasteiger partial charge on any atom is -0.384 e. The Labute approximate surface area is 76.2 Å². The van der Waals surface area contributed by atoms with E-state index in [0.29, 0.717) is 6.54 Å². The first-order valence-electron chi connectivity index (χ1n) is 4.06. The fourth-order valence-corrected chi connectivity index (χ4v) is 0.884. The Balaban J connectivity index is 2.44. The number of carbonyl (C=O) groups excluding carboxylic acids is 1. The van der Waals surface area contributed by atoms with Gasteiger partial charge in [-0.1, -0.05) is 0 Å². The predicted octanol–water partition coefficient (Wildman–Crippen LogP) is -0.285. The molecule has 72 valence electrons. The van der Waals surface area contributed by atoms with Crippen molar-refractivity contribution in [1.29, 1.82) is 0 Å². The molecule has 1 heterocycles. The van der Waals surface area contributed by atoms with E-state index < -0.39 is 6.10 Å². The first-order valence-corrected chi connectivity index (χ1v) is 4.06. The lowest BCUT2D eigenvalue weighted by atomic mass is 10.2.